The van der Waals surface area contributed by atoms with Gasteiger partial charge >= 0.3 is 13.6 Å². The minimum atomic E-state index is -4.87. The van der Waals surface area contributed by atoms with Gasteiger partial charge < -0.3 is 35.4 Å². The molecule has 5 atom stereocenters. The van der Waals surface area contributed by atoms with E-state index in [1.807, 2.05) is 0 Å². The molecule has 7 N–H and O–H groups in total. The molecule has 0 aromatic carbocycles. The molecule has 1 saturated heterocycles. The summed E-state index contributed by atoms with van der Waals surface area (Å²) in [6, 6.07) is 0. The van der Waals surface area contributed by atoms with Crippen LogP contribution >= 0.6 is 24.6 Å². The van der Waals surface area contributed by atoms with Crippen LogP contribution in [0.15, 0.2) is 12.7 Å². The largest absolute Gasteiger partial charge is 0.397 e. The molecule has 14 nitrogen and oxygen atoms in total. The molecule has 1 aliphatic heterocycles. The van der Waals surface area contributed by atoms with E-state index < -0.39 is 55.7 Å². The lowest BCUT2D eigenvalue weighted by molar-refractivity contribution is -0.0478. The van der Waals surface area contributed by atoms with Gasteiger partial charge in [0.2, 0.25) is 0 Å². The number of nitrogens with two attached hydrogens (primary N) is 1. The second kappa shape index (κ2) is 7.37. The average molecular weight is 443 g/mol. The van der Waals surface area contributed by atoms with Crippen molar-refractivity contribution in [3.63, 3.8) is 0 Å². The Bertz CT molecular complexity index is 937. The lowest BCUT2D eigenvalue weighted by Gasteiger charge is -2.17. The highest BCUT2D eigenvalue weighted by atomic mass is 33.1. The molecule has 0 radical (unpaired) electrons. The summed E-state index contributed by atoms with van der Waals surface area (Å²) in [6.45, 7) is -10.3. The number of imidazole rings is 1. The molecule has 17 heteroatoms. The molecule has 0 bridgehead atoms. The maximum Gasteiger partial charge on any atom is 0.397 e. The number of hydrogen-bond acceptors (Lipinski definition) is 11. The number of aliphatic hydroxyl groups is 2. The summed E-state index contributed by atoms with van der Waals surface area (Å²) in [5.74, 6) is 0.0994. The van der Waals surface area contributed by atoms with Crippen molar-refractivity contribution < 1.29 is 43.3 Å². The minimum Gasteiger partial charge on any atom is -0.387 e. The minimum absolute atomic E-state index is 0.0994. The van der Waals surface area contributed by atoms with Crippen LogP contribution in [0.1, 0.15) is 6.23 Å². The lowest BCUT2D eigenvalue weighted by atomic mass is 10.1. The van der Waals surface area contributed by atoms with Crippen LogP contribution in [0.25, 0.3) is 11.2 Å². The fourth-order valence-electron chi connectivity index (χ4n) is 2.48. The molecule has 0 aliphatic carbocycles. The van der Waals surface area contributed by atoms with Crippen LogP contribution in [0, 0.1) is 0 Å². The predicted octanol–water partition coefficient (Wildman–Crippen LogP) is -1.03. The van der Waals surface area contributed by atoms with E-state index >= 15 is 0 Å². The van der Waals surface area contributed by atoms with Crippen LogP contribution < -0.4 is 5.73 Å². The normalized spacial score (nSPS) is 28.5. The van der Waals surface area contributed by atoms with Gasteiger partial charge in [-0.1, -0.05) is 0 Å². The number of hydrogen-bond donors (Lipinski definition) is 6. The third kappa shape index (κ3) is 4.49. The Kier molecular flexibility index (Phi) is 5.62. The first-order valence-electron chi connectivity index (χ1n) is 7.17. The van der Waals surface area contributed by atoms with Gasteiger partial charge in [0.15, 0.2) is 17.7 Å². The summed E-state index contributed by atoms with van der Waals surface area (Å²) in [5.41, 5.74) is 6.16. The number of rotatable bonds is 6. The van der Waals surface area contributed by atoms with Crippen LogP contribution in [0.3, 0.4) is 0 Å². The first kappa shape index (κ1) is 20.6. The second-order valence-electron chi connectivity index (χ2n) is 5.47. The molecule has 1 unspecified atom stereocenters. The topological polar surface area (TPSA) is 223 Å². The molecule has 0 saturated carbocycles. The van der Waals surface area contributed by atoms with Crippen molar-refractivity contribution in [2.24, 2.45) is 0 Å². The van der Waals surface area contributed by atoms with Crippen molar-refractivity contribution in [2.45, 2.75) is 24.5 Å². The molecule has 150 valence electrons. The Morgan fingerprint density at radius 2 is 1.93 bits per heavy atom. The fraction of sp³-hybridized carbons (Fsp3) is 0.500. The van der Waals surface area contributed by atoms with E-state index in [1.165, 1.54) is 17.2 Å². The Morgan fingerprint density at radius 1 is 1.22 bits per heavy atom. The zero-order valence-corrected chi connectivity index (χ0v) is 15.8. The number of nitrogens with zero attached hydrogens (tertiary/aromatic N) is 4. The number of aliphatic hydroxyl groups excluding tert-OH is 2. The van der Waals surface area contributed by atoms with Crippen molar-refractivity contribution in [1.82, 2.24) is 19.5 Å². The van der Waals surface area contributed by atoms with Crippen molar-refractivity contribution in [3.05, 3.63) is 12.7 Å². The first-order chi connectivity index (χ1) is 12.5. The maximum absolute atomic E-state index is 11.7. The summed E-state index contributed by atoms with van der Waals surface area (Å²) in [5, 5.41) is 20.3. The van der Waals surface area contributed by atoms with E-state index in [-0.39, 0.29) is 17.0 Å². The van der Waals surface area contributed by atoms with E-state index in [2.05, 4.69) is 19.5 Å². The highest BCUT2D eigenvalue weighted by molar-refractivity contribution is 8.84. The Labute approximate surface area is 154 Å². The standard InChI is InChI=1S/C10H15N5O9P2S/c11-8-5-9(13-2-12-8)15(3-14-5)10-7(17)6(16)4(24-10)1-23-26(21,22)27-25(18,19)20/h2-4,6-7,10,16-17H,1H2,(H,21,22)(H2,11,12,13)(H2,18,19,20)/t4-,6-,7-,10-/m1/s1. The Hall–Kier alpha value is -1.12. The van der Waals surface area contributed by atoms with Crippen molar-refractivity contribution in [3.8, 4) is 0 Å². The molecule has 0 amide bonds. The molecule has 3 rings (SSSR count). The average Bonchev–Trinajstić information content (AvgIpc) is 3.07. The highest BCUT2D eigenvalue weighted by Crippen LogP contribution is 2.72. The van der Waals surface area contributed by atoms with Crippen molar-refractivity contribution in [1.29, 1.82) is 0 Å². The Morgan fingerprint density at radius 3 is 2.59 bits per heavy atom. The lowest BCUT2D eigenvalue weighted by Crippen LogP contribution is -2.33. The number of ether oxygens (including phenoxy) is 1. The second-order valence-corrected chi connectivity index (χ2v) is 12.6. The molecular formula is C10H15N5O9P2S. The van der Waals surface area contributed by atoms with Crippen LogP contribution in [0.4, 0.5) is 5.82 Å². The van der Waals surface area contributed by atoms with Crippen LogP contribution in [-0.4, -0.2) is 69.3 Å². The highest BCUT2D eigenvalue weighted by Gasteiger charge is 2.45. The summed E-state index contributed by atoms with van der Waals surface area (Å²) < 4.78 is 33.8. The Balaban J connectivity index is 1.75. The first-order valence-corrected chi connectivity index (χ1v) is 12.4. The summed E-state index contributed by atoms with van der Waals surface area (Å²) in [7, 11) is 0. The number of anilines is 1. The fourth-order valence-corrected chi connectivity index (χ4v) is 7.10. The maximum atomic E-state index is 11.7. The van der Waals surface area contributed by atoms with Gasteiger partial charge in [-0.15, -0.1) is 0 Å². The number of aromatic nitrogens is 4. The van der Waals surface area contributed by atoms with Gasteiger partial charge in [-0.05, 0) is 0 Å². The van der Waals surface area contributed by atoms with Gasteiger partial charge in [-0.2, -0.15) is 0 Å². The quantitative estimate of drug-likeness (QED) is 0.294. The van der Waals surface area contributed by atoms with Crippen LogP contribution in [0.2, 0.25) is 0 Å². The summed E-state index contributed by atoms with van der Waals surface area (Å²) in [6.07, 6.45) is -2.98. The van der Waals surface area contributed by atoms with E-state index in [0.29, 0.717) is 0 Å². The molecule has 1 fully saturated rings. The van der Waals surface area contributed by atoms with Gasteiger partial charge in [0, 0.05) is 0 Å². The van der Waals surface area contributed by atoms with Gasteiger partial charge in [0.1, 0.15) is 30.2 Å². The molecule has 3 heterocycles. The van der Waals surface area contributed by atoms with Crippen molar-refractivity contribution in [2.75, 3.05) is 12.3 Å². The van der Waals surface area contributed by atoms with E-state index in [0.717, 1.165) is 0 Å². The number of fused-ring (bicyclic) bond motifs is 1. The third-order valence-corrected chi connectivity index (χ3v) is 9.85. The smallest absolute Gasteiger partial charge is 0.387 e. The van der Waals surface area contributed by atoms with E-state index in [4.69, 9.17) is 20.3 Å². The molecule has 27 heavy (non-hydrogen) atoms. The zero-order chi connectivity index (χ0) is 20.0. The SMILES string of the molecule is Nc1ncnc2c1ncn2[C@@H]1O[C@H](COP(=O)(O)SP(=O)(O)O)[C@@H](O)[C@H]1O. The molecule has 2 aromatic rings. The molecule has 2 aromatic heterocycles. The summed E-state index contributed by atoms with van der Waals surface area (Å²) >= 11 is -0.544. The molecular weight excluding hydrogens is 428 g/mol. The third-order valence-electron chi connectivity index (χ3n) is 3.61. The molecule has 0 spiro atoms. The predicted molar refractivity (Wildman–Crippen MR) is 91.1 cm³/mol. The van der Waals surface area contributed by atoms with E-state index in [9.17, 15) is 24.2 Å². The zero-order valence-electron chi connectivity index (χ0n) is 13.2. The van der Waals surface area contributed by atoms with Gasteiger partial charge in [0.25, 0.3) is 0 Å². The van der Waals surface area contributed by atoms with Crippen LogP contribution in [-0.2, 0) is 18.4 Å². The monoisotopic (exact) mass is 443 g/mol. The van der Waals surface area contributed by atoms with Crippen LogP contribution in [0.5, 0.6) is 0 Å². The number of nitrogen functional groups attached to an aromatic ring is 1. The van der Waals surface area contributed by atoms with Gasteiger partial charge in [0.05, 0.1) is 23.9 Å². The van der Waals surface area contributed by atoms with Crippen molar-refractivity contribution >= 4 is 41.6 Å². The molecule has 1 aliphatic rings. The summed E-state index contributed by atoms with van der Waals surface area (Å²) in [4.78, 5) is 38.7. The van der Waals surface area contributed by atoms with Gasteiger partial charge in [-0.3, -0.25) is 9.09 Å². The van der Waals surface area contributed by atoms with E-state index in [1.54, 1.807) is 0 Å². The van der Waals surface area contributed by atoms with Gasteiger partial charge in [-0.25, -0.2) is 24.1 Å².